The highest BCUT2D eigenvalue weighted by molar-refractivity contribution is 5.92. The fourth-order valence-electron chi connectivity index (χ4n) is 5.60. The average Bonchev–Trinajstić information content (AvgIpc) is 2.90. The molecule has 1 aliphatic heterocycles. The van der Waals surface area contributed by atoms with Gasteiger partial charge in [-0.05, 0) is 60.7 Å². The van der Waals surface area contributed by atoms with Crippen molar-refractivity contribution in [3.05, 3.63) is 53.6 Å². The Bertz CT molecular complexity index is 1040. The summed E-state index contributed by atoms with van der Waals surface area (Å²) in [5.41, 5.74) is 1.05. The summed E-state index contributed by atoms with van der Waals surface area (Å²) < 4.78 is 21.6. The maximum Gasteiger partial charge on any atom is 0.247 e. The number of carbonyl (C=O) groups excluding carboxylic acids is 1. The highest BCUT2D eigenvalue weighted by Crippen LogP contribution is 2.49. The standard InChI is InChI=1S/C28H35NO6/c1-32-21-11-9-20(10-12-21)26-22-7-5-6-14-28(22,31)15-16-29(26)25(30)13-8-19-17-23(33-2)27(35-4)24(18-19)34-3/h8-13,17-18,22,26,31H,5-7,14-16H2,1-4H3/b13-8+/t22-,26+,28-/m0/s1. The predicted octanol–water partition coefficient (Wildman–Crippen LogP) is 4.63. The van der Waals surface area contributed by atoms with Gasteiger partial charge in [0.2, 0.25) is 11.7 Å². The van der Waals surface area contributed by atoms with Gasteiger partial charge in [-0.15, -0.1) is 0 Å². The Morgan fingerprint density at radius 3 is 2.26 bits per heavy atom. The van der Waals surface area contributed by atoms with E-state index in [1.54, 1.807) is 40.6 Å². The topological polar surface area (TPSA) is 77.5 Å². The van der Waals surface area contributed by atoms with Gasteiger partial charge in [-0.2, -0.15) is 0 Å². The van der Waals surface area contributed by atoms with Crippen molar-refractivity contribution in [3.8, 4) is 23.0 Å². The third kappa shape index (κ3) is 4.96. The fraction of sp³-hybridized carbons (Fsp3) is 0.464. The largest absolute Gasteiger partial charge is 0.497 e. The number of benzene rings is 2. The Morgan fingerprint density at radius 1 is 0.971 bits per heavy atom. The normalized spacial score (nSPS) is 24.1. The number of rotatable bonds is 7. The molecule has 0 unspecified atom stereocenters. The van der Waals surface area contributed by atoms with E-state index in [4.69, 9.17) is 18.9 Å². The molecule has 1 N–H and O–H groups in total. The van der Waals surface area contributed by atoms with E-state index < -0.39 is 5.60 Å². The molecule has 4 rings (SSSR count). The van der Waals surface area contributed by atoms with E-state index in [0.717, 1.165) is 42.6 Å². The SMILES string of the molecule is COc1ccc([C@@H]2[C@@H]3CCCC[C@]3(O)CCN2C(=O)/C=C/c2cc(OC)c(OC)c(OC)c2)cc1. The van der Waals surface area contributed by atoms with Crippen LogP contribution >= 0.6 is 0 Å². The third-order valence-corrected chi connectivity index (χ3v) is 7.41. The van der Waals surface area contributed by atoms with Crippen LogP contribution in [0.1, 0.15) is 49.3 Å². The zero-order chi connectivity index (χ0) is 25.0. The van der Waals surface area contributed by atoms with Crippen LogP contribution in [-0.4, -0.2) is 56.5 Å². The van der Waals surface area contributed by atoms with E-state index in [-0.39, 0.29) is 17.9 Å². The van der Waals surface area contributed by atoms with Gasteiger partial charge in [-0.25, -0.2) is 0 Å². The number of fused-ring (bicyclic) bond motifs is 1. The highest BCUT2D eigenvalue weighted by atomic mass is 16.5. The second-order valence-corrected chi connectivity index (χ2v) is 9.25. The number of amides is 1. The zero-order valence-corrected chi connectivity index (χ0v) is 21.0. The molecule has 2 aromatic rings. The summed E-state index contributed by atoms with van der Waals surface area (Å²) in [6.45, 7) is 0.502. The van der Waals surface area contributed by atoms with Crippen molar-refractivity contribution in [3.63, 3.8) is 0 Å². The Balaban J connectivity index is 1.65. The first-order chi connectivity index (χ1) is 16.9. The number of aliphatic hydroxyl groups is 1. The Morgan fingerprint density at radius 2 is 1.66 bits per heavy atom. The molecule has 188 valence electrons. The molecular formula is C28H35NO6. The number of hydrogen-bond acceptors (Lipinski definition) is 6. The minimum Gasteiger partial charge on any atom is -0.497 e. The van der Waals surface area contributed by atoms with Gasteiger partial charge in [0.25, 0.3) is 0 Å². The smallest absolute Gasteiger partial charge is 0.247 e. The van der Waals surface area contributed by atoms with Crippen LogP contribution in [0.2, 0.25) is 0 Å². The molecule has 0 aromatic heterocycles. The zero-order valence-electron chi connectivity index (χ0n) is 21.0. The molecule has 1 heterocycles. The Labute approximate surface area is 207 Å². The van der Waals surface area contributed by atoms with Gasteiger partial charge in [-0.1, -0.05) is 25.0 Å². The summed E-state index contributed by atoms with van der Waals surface area (Å²) in [4.78, 5) is 15.4. The quantitative estimate of drug-likeness (QED) is 0.581. The minimum atomic E-state index is -0.736. The summed E-state index contributed by atoms with van der Waals surface area (Å²) in [6.07, 6.45) is 7.71. The molecule has 3 atom stereocenters. The molecule has 1 saturated heterocycles. The lowest BCUT2D eigenvalue weighted by Gasteiger charge is -2.52. The molecule has 1 saturated carbocycles. The number of hydrogen-bond donors (Lipinski definition) is 1. The molecule has 35 heavy (non-hydrogen) atoms. The van der Waals surface area contributed by atoms with Crippen molar-refractivity contribution in [1.29, 1.82) is 0 Å². The Kier molecular flexibility index (Phi) is 7.55. The van der Waals surface area contributed by atoms with E-state index >= 15 is 0 Å². The van der Waals surface area contributed by atoms with Crippen LogP contribution in [0.15, 0.2) is 42.5 Å². The van der Waals surface area contributed by atoms with Gasteiger partial charge in [0.15, 0.2) is 11.5 Å². The summed E-state index contributed by atoms with van der Waals surface area (Å²) in [6, 6.07) is 11.3. The highest BCUT2D eigenvalue weighted by Gasteiger charge is 2.49. The molecular weight excluding hydrogens is 446 g/mol. The molecule has 0 spiro atoms. The predicted molar refractivity (Wildman–Crippen MR) is 134 cm³/mol. The lowest BCUT2D eigenvalue weighted by atomic mass is 9.66. The van der Waals surface area contributed by atoms with Crippen molar-refractivity contribution in [2.75, 3.05) is 35.0 Å². The summed E-state index contributed by atoms with van der Waals surface area (Å²) in [7, 11) is 6.32. The van der Waals surface area contributed by atoms with Crippen LogP contribution in [0.25, 0.3) is 6.08 Å². The minimum absolute atomic E-state index is 0.00285. The van der Waals surface area contributed by atoms with E-state index in [1.165, 1.54) is 0 Å². The lowest BCUT2D eigenvalue weighted by molar-refractivity contribution is -0.150. The van der Waals surface area contributed by atoms with Crippen molar-refractivity contribution in [1.82, 2.24) is 4.90 Å². The Hall–Kier alpha value is -3.19. The van der Waals surface area contributed by atoms with Crippen molar-refractivity contribution < 1.29 is 28.8 Å². The van der Waals surface area contributed by atoms with E-state index in [0.29, 0.717) is 30.2 Å². The van der Waals surface area contributed by atoms with Crippen LogP contribution in [0.4, 0.5) is 0 Å². The molecule has 7 heteroatoms. The maximum atomic E-state index is 13.5. The number of carbonyl (C=O) groups is 1. The van der Waals surface area contributed by atoms with Crippen LogP contribution in [0.5, 0.6) is 23.0 Å². The first-order valence-electron chi connectivity index (χ1n) is 12.1. The van der Waals surface area contributed by atoms with E-state index in [1.807, 2.05) is 41.3 Å². The first-order valence-corrected chi connectivity index (χ1v) is 12.1. The number of methoxy groups -OCH3 is 4. The average molecular weight is 482 g/mol. The maximum absolute atomic E-state index is 13.5. The van der Waals surface area contributed by atoms with E-state index in [2.05, 4.69) is 0 Å². The van der Waals surface area contributed by atoms with Gasteiger partial charge >= 0.3 is 0 Å². The second kappa shape index (κ2) is 10.6. The van der Waals surface area contributed by atoms with Crippen LogP contribution in [0.3, 0.4) is 0 Å². The molecule has 0 radical (unpaired) electrons. The van der Waals surface area contributed by atoms with Gasteiger partial charge < -0.3 is 29.0 Å². The van der Waals surface area contributed by atoms with Gasteiger partial charge in [-0.3, -0.25) is 4.79 Å². The second-order valence-electron chi connectivity index (χ2n) is 9.25. The fourth-order valence-corrected chi connectivity index (χ4v) is 5.60. The molecule has 7 nitrogen and oxygen atoms in total. The molecule has 2 aromatic carbocycles. The third-order valence-electron chi connectivity index (χ3n) is 7.41. The number of likely N-dealkylation sites (tertiary alicyclic amines) is 1. The molecule has 2 fully saturated rings. The summed E-state index contributed by atoms with van der Waals surface area (Å²) in [5, 5.41) is 11.5. The van der Waals surface area contributed by atoms with Crippen molar-refractivity contribution >= 4 is 12.0 Å². The van der Waals surface area contributed by atoms with Crippen LogP contribution in [0, 0.1) is 5.92 Å². The molecule has 1 aliphatic carbocycles. The first kappa shape index (κ1) is 24.9. The van der Waals surface area contributed by atoms with Crippen LogP contribution in [-0.2, 0) is 4.79 Å². The monoisotopic (exact) mass is 481 g/mol. The summed E-state index contributed by atoms with van der Waals surface area (Å²) >= 11 is 0. The van der Waals surface area contributed by atoms with E-state index in [9.17, 15) is 9.90 Å². The summed E-state index contributed by atoms with van der Waals surface area (Å²) in [5.74, 6) is 2.24. The molecule has 2 aliphatic rings. The number of ether oxygens (including phenoxy) is 4. The number of nitrogens with zero attached hydrogens (tertiary/aromatic N) is 1. The van der Waals surface area contributed by atoms with Gasteiger partial charge in [0, 0.05) is 18.5 Å². The van der Waals surface area contributed by atoms with Gasteiger partial charge in [0.05, 0.1) is 40.1 Å². The van der Waals surface area contributed by atoms with Crippen molar-refractivity contribution in [2.24, 2.45) is 5.92 Å². The molecule has 1 amide bonds. The van der Waals surface area contributed by atoms with Crippen molar-refractivity contribution in [2.45, 2.75) is 43.7 Å². The van der Waals surface area contributed by atoms with Crippen LogP contribution < -0.4 is 18.9 Å². The lowest BCUT2D eigenvalue weighted by Crippen LogP contribution is -2.56. The number of piperidine rings is 1. The molecule has 0 bridgehead atoms. The van der Waals surface area contributed by atoms with Gasteiger partial charge in [0.1, 0.15) is 5.75 Å².